The number of carbonyl (C=O) groups is 19. The van der Waals surface area contributed by atoms with Gasteiger partial charge in [0.05, 0.1) is 31.3 Å². The van der Waals surface area contributed by atoms with E-state index in [0.29, 0.717) is 44.2 Å². The number of nitrogens with one attached hydrogen (secondary N) is 14. The minimum Gasteiger partial charge on any atom is -0.508 e. The van der Waals surface area contributed by atoms with E-state index in [-0.39, 0.29) is 53.8 Å². The normalized spacial score (nSPS) is 24.2. The lowest BCUT2D eigenvalue weighted by Crippen LogP contribution is -2.61. The number of amides is 15. The molecule has 41 nitrogen and oxygen atoms in total. The van der Waals surface area contributed by atoms with Crippen LogP contribution in [-0.4, -0.2) is 252 Å². The molecule has 4 bridgehead atoms. The molecule has 0 unspecified atom stereocenters. The predicted molar refractivity (Wildman–Crippen MR) is 477 cm³/mol. The third kappa shape index (κ3) is 34.2. The minimum atomic E-state index is -2.15. The zero-order chi connectivity index (χ0) is 95.8. The molecular formula is C86H111N17O24S3. The van der Waals surface area contributed by atoms with E-state index < -0.39 is 266 Å². The molecule has 130 heavy (non-hydrogen) atoms. The zero-order valence-corrected chi connectivity index (χ0v) is 74.5. The SMILES string of the molecule is C[C@H](N)C(=O)N[C@H]1CSCc2cc3cc(c2)CSC[C@@H](NC(=O)[C@@H](C)NC(=O)[C@H](Cc2cccc4ccccc24)NC(=O)[C@H](CCC(=O)O)NC(=O)[C@H](CC(N)=O)NC(=O)[C@@H](C)NC1=O)C(=O)N[C@@H](CCC(=O)O)C(=O)N[C@@H](CC(=O)O)C(=O)N[C@@H](Cc1ccccc1)C(=O)N[C@@H](Cc1ccc(O)cc1)CN[C@@H](CC(=O)O)C(=O)N[C@@H](C(C)(C)C)C(=O)N[C@H](C(N)=O)CSC3. The van der Waals surface area contributed by atoms with Crippen LogP contribution in [0.3, 0.4) is 0 Å². The summed E-state index contributed by atoms with van der Waals surface area (Å²) in [7, 11) is 0. The molecule has 0 spiro atoms. The number of rotatable bonds is 21. The lowest BCUT2D eigenvalue weighted by Gasteiger charge is -2.33. The first-order valence-corrected chi connectivity index (χ1v) is 44.9. The molecule has 0 aliphatic carbocycles. The third-order valence-electron chi connectivity index (χ3n) is 20.6. The maximum atomic E-state index is 15.3. The first kappa shape index (κ1) is 104. The first-order valence-electron chi connectivity index (χ1n) is 41.4. The van der Waals surface area contributed by atoms with Crippen LogP contribution in [0.1, 0.15) is 120 Å². The van der Waals surface area contributed by atoms with Gasteiger partial charge < -0.3 is 117 Å². The Hall–Kier alpha value is -12.9. The Balaban J connectivity index is 1.39. The molecule has 0 fully saturated rings. The Morgan fingerprint density at radius 2 is 0.900 bits per heavy atom. The molecule has 0 radical (unpaired) electrons. The van der Waals surface area contributed by atoms with Crippen LogP contribution in [0.4, 0.5) is 0 Å². The molecule has 2 heterocycles. The van der Waals surface area contributed by atoms with Gasteiger partial charge in [0.15, 0.2) is 0 Å². The van der Waals surface area contributed by atoms with Crippen molar-refractivity contribution in [2.45, 2.75) is 214 Å². The second kappa shape index (κ2) is 50.1. The van der Waals surface area contributed by atoms with Crippen molar-refractivity contribution in [1.82, 2.24) is 74.4 Å². The maximum absolute atomic E-state index is 15.3. The third-order valence-corrected chi connectivity index (χ3v) is 23.9. The van der Waals surface area contributed by atoms with E-state index in [1.165, 1.54) is 45.0 Å². The van der Waals surface area contributed by atoms with Gasteiger partial charge in [-0.25, -0.2) is 0 Å². The zero-order valence-electron chi connectivity index (χ0n) is 72.1. The van der Waals surface area contributed by atoms with Crippen LogP contribution in [0.15, 0.2) is 115 Å². The van der Waals surface area contributed by atoms with Gasteiger partial charge in [-0.05, 0) is 102 Å². The molecule has 5 aromatic carbocycles. The number of primary amides is 2. The lowest BCUT2D eigenvalue weighted by molar-refractivity contribution is -0.142. The van der Waals surface area contributed by atoms with E-state index >= 15 is 14.4 Å². The molecule has 702 valence electrons. The van der Waals surface area contributed by atoms with Crippen molar-refractivity contribution in [2.24, 2.45) is 22.6 Å². The molecule has 15 atom stereocenters. The van der Waals surface area contributed by atoms with Gasteiger partial charge in [0.2, 0.25) is 88.6 Å². The number of thioether (sulfide) groups is 3. The van der Waals surface area contributed by atoms with E-state index in [1.807, 2.05) is 0 Å². The van der Waals surface area contributed by atoms with Crippen LogP contribution in [0.5, 0.6) is 5.75 Å². The van der Waals surface area contributed by atoms with E-state index in [1.54, 1.807) is 112 Å². The lowest BCUT2D eigenvalue weighted by atomic mass is 9.85. The van der Waals surface area contributed by atoms with Crippen molar-refractivity contribution in [1.29, 1.82) is 0 Å². The molecule has 25 N–H and O–H groups in total. The Morgan fingerprint density at radius 3 is 1.45 bits per heavy atom. The van der Waals surface area contributed by atoms with Crippen LogP contribution >= 0.6 is 35.3 Å². The van der Waals surface area contributed by atoms with E-state index in [2.05, 4.69) is 74.4 Å². The molecule has 2 aliphatic rings. The number of benzene rings is 5. The summed E-state index contributed by atoms with van der Waals surface area (Å²) < 4.78 is 0. The predicted octanol–water partition coefficient (Wildman–Crippen LogP) is -2.27. The van der Waals surface area contributed by atoms with Gasteiger partial charge in [0, 0.05) is 72.8 Å². The monoisotopic (exact) mass is 1860 g/mol. The molecule has 15 amide bonds. The molecule has 7 rings (SSSR count). The van der Waals surface area contributed by atoms with Gasteiger partial charge in [-0.1, -0.05) is 124 Å². The summed E-state index contributed by atoms with van der Waals surface area (Å²) in [5, 5.41) is 87.6. The number of aromatic hydroxyl groups is 1. The van der Waals surface area contributed by atoms with E-state index in [4.69, 9.17) is 17.2 Å². The quantitative estimate of drug-likeness (QED) is 0.0368. The highest BCUT2D eigenvalue weighted by Crippen LogP contribution is 2.27. The standard InChI is InChI=1S/C86H111N17O24S3/c1-43(87)73(115)101-64-41-129-38-49-27-48-28-50(29-49)39-130-42-65(102-75(117)45(3)91-79(121)60(32-52-17-12-16-51-15-10-11-18-55(51)52)98-76(118)56(23-25-67(106)107)94-81(123)61(33-66(88)105)96-74(116)44(2)92-83(64)125)84(126)95-57(24-26-68(108)109)77(119)99-62(35-70(112)113)82(124)97-59(31-46-13-8-7-9-14-46)80(122)93-53(30-47-19-21-54(104)22-20-47)36-90-58(34-69(110)111)78(120)103-71(86(4,5)6)85(127)100-63(72(89)114)40-128-37-48/h7-22,27-29,43-45,53,56-65,71,90,104H,23-26,30-42,87H2,1-6H3,(H2,88,105)(H2,89,114)(H,91,121)(H,92,125)(H,93,122)(H,94,123)(H,95,126)(H,96,116)(H,97,124)(H,98,118)(H,99,119)(H,100,127)(H,101,115)(H,102,117)(H,103,120)(H,106,107)(H,108,109)(H,110,111)(H,112,113)/t43-,44+,45+,53-,56-,57-,58-,59-,60-,61-,62-,63-,64-,65+,71+/m0/s1. The summed E-state index contributed by atoms with van der Waals surface area (Å²) >= 11 is 3.13. The van der Waals surface area contributed by atoms with Crippen LogP contribution < -0.4 is 91.6 Å². The molecule has 0 saturated heterocycles. The number of hydrogen-bond acceptors (Lipinski definition) is 25. The number of carboxylic acid groups (broad SMARTS) is 4. The van der Waals surface area contributed by atoms with Crippen molar-refractivity contribution in [2.75, 3.05) is 23.8 Å². The topological polar surface area (TPSA) is 672 Å². The second-order valence-corrected chi connectivity index (χ2v) is 35.6. The van der Waals surface area contributed by atoms with Gasteiger partial charge in [-0.15, -0.1) is 0 Å². The highest BCUT2D eigenvalue weighted by Gasteiger charge is 2.41. The number of hydrogen-bond donors (Lipinski definition) is 22. The number of phenolic OH excluding ortho intramolecular Hbond substituents is 1. The Kier molecular flexibility index (Phi) is 40.2. The van der Waals surface area contributed by atoms with Crippen molar-refractivity contribution >= 4 is 159 Å². The Labute approximate surface area is 760 Å². The largest absolute Gasteiger partial charge is 0.508 e. The van der Waals surface area contributed by atoms with Crippen molar-refractivity contribution in [3.63, 3.8) is 0 Å². The molecular weight excluding hydrogens is 1750 g/mol. The van der Waals surface area contributed by atoms with Crippen molar-refractivity contribution in [3.05, 3.63) is 149 Å². The molecule has 0 saturated carbocycles. The minimum absolute atomic E-state index is 0.00803. The van der Waals surface area contributed by atoms with Gasteiger partial charge in [-0.2, -0.15) is 35.3 Å². The number of nitrogens with two attached hydrogens (primary N) is 3. The molecule has 0 aromatic heterocycles. The Bertz CT molecular complexity index is 4960. The van der Waals surface area contributed by atoms with Gasteiger partial charge in [-0.3, -0.25) is 91.1 Å². The van der Waals surface area contributed by atoms with Crippen LogP contribution in [-0.2, 0) is 128 Å². The van der Waals surface area contributed by atoms with Gasteiger partial charge in [0.1, 0.15) is 78.3 Å². The summed E-state index contributed by atoms with van der Waals surface area (Å²) in [6.45, 7) is 7.96. The van der Waals surface area contributed by atoms with Crippen LogP contribution in [0.25, 0.3) is 10.8 Å². The van der Waals surface area contributed by atoms with Gasteiger partial charge >= 0.3 is 23.9 Å². The fraction of sp³-hybridized carbons (Fsp3) is 0.453. The van der Waals surface area contributed by atoms with Crippen molar-refractivity contribution in [3.8, 4) is 5.75 Å². The number of carboxylic acids is 4. The fourth-order valence-electron chi connectivity index (χ4n) is 13.7. The maximum Gasteiger partial charge on any atom is 0.305 e. The number of carbonyl (C=O) groups excluding carboxylic acids is 15. The average molecular weight is 1860 g/mol. The van der Waals surface area contributed by atoms with Gasteiger partial charge in [0.25, 0.3) is 0 Å². The molecule has 5 aromatic rings. The number of aliphatic carboxylic acids is 4. The fourth-order valence-corrected chi connectivity index (χ4v) is 16.6. The van der Waals surface area contributed by atoms with Crippen LogP contribution in [0.2, 0.25) is 0 Å². The summed E-state index contributed by atoms with van der Waals surface area (Å²) in [6.07, 6.45) is -7.15. The second-order valence-electron chi connectivity index (χ2n) is 32.5. The summed E-state index contributed by atoms with van der Waals surface area (Å²) in [5.41, 5.74) is 19.1. The van der Waals surface area contributed by atoms with E-state index in [0.717, 1.165) is 35.3 Å². The number of phenols is 1. The average Bonchev–Trinajstić information content (AvgIpc) is 0.812. The summed E-state index contributed by atoms with van der Waals surface area (Å²) in [5.74, 6) is -24.1. The molecule has 2 aliphatic heterocycles. The van der Waals surface area contributed by atoms with E-state index in [9.17, 15) is 102 Å². The van der Waals surface area contributed by atoms with Crippen LogP contribution in [0, 0.1) is 5.41 Å². The highest BCUT2D eigenvalue weighted by atomic mass is 32.2. The Morgan fingerprint density at radius 1 is 0.446 bits per heavy atom. The first-order chi connectivity index (χ1) is 61.4. The summed E-state index contributed by atoms with van der Waals surface area (Å²) in [6, 6.07) is 5.58. The number of fused-ring (bicyclic) bond motifs is 6. The highest BCUT2D eigenvalue weighted by molar-refractivity contribution is 7.99. The molecule has 44 heteroatoms. The smallest absolute Gasteiger partial charge is 0.305 e. The van der Waals surface area contributed by atoms with Crippen molar-refractivity contribution < 1.29 is 117 Å². The summed E-state index contributed by atoms with van der Waals surface area (Å²) in [4.78, 5) is 267.